The number of para-hydroxylation sites is 2. The van der Waals surface area contributed by atoms with Crippen molar-refractivity contribution in [2.75, 3.05) is 11.3 Å². The number of aryl methyl sites for hydroxylation is 1. The van der Waals surface area contributed by atoms with E-state index < -0.39 is 34.2 Å². The van der Waals surface area contributed by atoms with Gasteiger partial charge in [-0.25, -0.2) is 15.0 Å². The molecule has 3 aromatic rings. The number of rotatable bonds is 8. The first-order valence-electron chi connectivity index (χ1n) is 8.84. The number of hydrogen-bond acceptors (Lipinski definition) is 6. The van der Waals surface area contributed by atoms with Crippen molar-refractivity contribution in [1.82, 2.24) is 24.2 Å². The van der Waals surface area contributed by atoms with E-state index in [9.17, 15) is 21.6 Å². The molecule has 0 radical (unpaired) electrons. The molecule has 1 atom stereocenters. The average molecular weight is 444 g/mol. The maximum Gasteiger partial charge on any atom is 0.431 e. The van der Waals surface area contributed by atoms with Crippen molar-refractivity contribution in [3.63, 3.8) is 0 Å². The normalized spacial score (nSPS) is 13.4. The van der Waals surface area contributed by atoms with E-state index in [1.807, 2.05) is 0 Å². The van der Waals surface area contributed by atoms with Crippen molar-refractivity contribution in [2.45, 2.75) is 25.6 Å². The lowest BCUT2D eigenvalue weighted by Gasteiger charge is -2.22. The lowest BCUT2D eigenvalue weighted by atomic mass is 10.2. The molecular weight excluding hydrogens is 425 g/mol. The standard InChI is InChI=1S/C17H19F3N6O3S/c1-3-8-22-30(27,28)25-15-16(24-12-7-5-4-6-11(12)23-15)29-14(17(18,19)20)13-9-21-10-26(13)2/h4-7,9-10,14,22H,3,8H2,1-2H3,(H,23,25)/t14-/m1/s1. The van der Waals surface area contributed by atoms with Gasteiger partial charge in [0, 0.05) is 13.6 Å². The Labute approximate surface area is 170 Å². The Hall–Kier alpha value is -2.93. The van der Waals surface area contributed by atoms with Crippen LogP contribution < -0.4 is 14.2 Å². The first-order chi connectivity index (χ1) is 14.1. The lowest BCUT2D eigenvalue weighted by molar-refractivity contribution is -0.200. The van der Waals surface area contributed by atoms with Crippen LogP contribution in [0.3, 0.4) is 0 Å². The maximum absolute atomic E-state index is 13.7. The fourth-order valence-corrected chi connectivity index (χ4v) is 3.49. The van der Waals surface area contributed by atoms with Gasteiger partial charge in [0.25, 0.3) is 16.1 Å². The monoisotopic (exact) mass is 444 g/mol. The van der Waals surface area contributed by atoms with E-state index in [1.54, 1.807) is 25.1 Å². The average Bonchev–Trinajstić information content (AvgIpc) is 3.08. The molecule has 162 valence electrons. The minimum Gasteiger partial charge on any atom is -0.455 e. The fraction of sp³-hybridized carbons (Fsp3) is 0.353. The summed E-state index contributed by atoms with van der Waals surface area (Å²) in [5.41, 5.74) is 0.236. The molecule has 0 spiro atoms. The number of alkyl halides is 3. The van der Waals surface area contributed by atoms with Gasteiger partial charge in [0.15, 0.2) is 0 Å². The van der Waals surface area contributed by atoms with E-state index in [4.69, 9.17) is 4.74 Å². The van der Waals surface area contributed by atoms with Crippen LogP contribution in [-0.4, -0.2) is 40.7 Å². The molecule has 0 aliphatic carbocycles. The molecule has 0 bridgehead atoms. The molecule has 2 N–H and O–H groups in total. The zero-order valence-corrected chi connectivity index (χ0v) is 16.8. The number of halogens is 3. The third-order valence-electron chi connectivity index (χ3n) is 3.96. The summed E-state index contributed by atoms with van der Waals surface area (Å²) in [6.45, 7) is 1.89. The zero-order valence-electron chi connectivity index (χ0n) is 16.0. The highest BCUT2D eigenvalue weighted by atomic mass is 32.2. The van der Waals surface area contributed by atoms with Gasteiger partial charge in [-0.2, -0.15) is 26.3 Å². The molecule has 0 fully saturated rings. The molecule has 2 aromatic heterocycles. The largest absolute Gasteiger partial charge is 0.455 e. The number of imidazole rings is 1. The van der Waals surface area contributed by atoms with Gasteiger partial charge in [0.2, 0.25) is 11.9 Å². The number of anilines is 1. The van der Waals surface area contributed by atoms with E-state index >= 15 is 0 Å². The lowest BCUT2D eigenvalue weighted by Crippen LogP contribution is -2.32. The van der Waals surface area contributed by atoms with E-state index in [2.05, 4.69) is 24.4 Å². The van der Waals surface area contributed by atoms with Crippen LogP contribution in [0, 0.1) is 0 Å². The molecule has 0 saturated carbocycles. The van der Waals surface area contributed by atoms with Crippen molar-refractivity contribution in [1.29, 1.82) is 0 Å². The first kappa shape index (κ1) is 21.8. The summed E-state index contributed by atoms with van der Waals surface area (Å²) < 4.78 is 76.4. The van der Waals surface area contributed by atoms with Crippen LogP contribution in [0.1, 0.15) is 25.1 Å². The van der Waals surface area contributed by atoms with Crippen LogP contribution in [0.2, 0.25) is 0 Å². The molecule has 1 aromatic carbocycles. The van der Waals surface area contributed by atoms with Crippen LogP contribution in [0.4, 0.5) is 19.0 Å². The SMILES string of the molecule is CCCNS(=O)(=O)Nc1nc2ccccc2nc1O[C@H](c1cncn1C)C(F)(F)F. The molecule has 0 aliphatic rings. The number of nitrogens with one attached hydrogen (secondary N) is 2. The highest BCUT2D eigenvalue weighted by molar-refractivity contribution is 7.90. The smallest absolute Gasteiger partial charge is 0.431 e. The number of aromatic nitrogens is 4. The van der Waals surface area contributed by atoms with E-state index in [1.165, 1.54) is 19.4 Å². The van der Waals surface area contributed by atoms with Crippen LogP contribution >= 0.6 is 0 Å². The first-order valence-corrected chi connectivity index (χ1v) is 10.3. The number of hydrogen-bond donors (Lipinski definition) is 2. The third kappa shape index (κ3) is 4.97. The minimum absolute atomic E-state index is 0.132. The molecule has 0 aliphatic heterocycles. The Bertz CT molecular complexity index is 1130. The number of ether oxygens (including phenoxy) is 1. The highest BCUT2D eigenvalue weighted by Gasteiger charge is 2.45. The summed E-state index contributed by atoms with van der Waals surface area (Å²) in [5, 5.41) is 0. The Morgan fingerprint density at radius 3 is 2.43 bits per heavy atom. The third-order valence-corrected chi connectivity index (χ3v) is 5.01. The molecular formula is C17H19F3N6O3S. The molecule has 30 heavy (non-hydrogen) atoms. The predicted molar refractivity (Wildman–Crippen MR) is 103 cm³/mol. The van der Waals surface area contributed by atoms with E-state index in [0.29, 0.717) is 6.42 Å². The van der Waals surface area contributed by atoms with Gasteiger partial charge in [-0.15, -0.1) is 0 Å². The Balaban J connectivity index is 2.07. The van der Waals surface area contributed by atoms with Crippen LogP contribution in [0.5, 0.6) is 5.88 Å². The summed E-state index contributed by atoms with van der Waals surface area (Å²) in [7, 11) is -2.72. The topological polar surface area (TPSA) is 111 Å². The van der Waals surface area contributed by atoms with Gasteiger partial charge in [-0.05, 0) is 18.6 Å². The minimum atomic E-state index is -4.82. The van der Waals surface area contributed by atoms with Gasteiger partial charge in [-0.1, -0.05) is 19.1 Å². The Kier molecular flexibility index (Phi) is 6.12. The second kappa shape index (κ2) is 8.44. The zero-order chi connectivity index (χ0) is 21.9. The quantitative estimate of drug-likeness (QED) is 0.553. The number of fused-ring (bicyclic) bond motifs is 1. The maximum atomic E-state index is 13.7. The Morgan fingerprint density at radius 1 is 1.20 bits per heavy atom. The number of benzene rings is 1. The molecule has 13 heteroatoms. The van der Waals surface area contributed by atoms with E-state index in [-0.39, 0.29) is 23.3 Å². The van der Waals surface area contributed by atoms with Crippen LogP contribution in [0.15, 0.2) is 36.8 Å². The van der Waals surface area contributed by atoms with Gasteiger partial charge in [0.05, 0.1) is 29.3 Å². The van der Waals surface area contributed by atoms with Gasteiger partial charge in [-0.3, -0.25) is 4.72 Å². The van der Waals surface area contributed by atoms with Crippen molar-refractivity contribution >= 4 is 27.1 Å². The highest BCUT2D eigenvalue weighted by Crippen LogP contribution is 2.38. The van der Waals surface area contributed by atoms with Crippen LogP contribution in [0.25, 0.3) is 11.0 Å². The van der Waals surface area contributed by atoms with Crippen molar-refractivity contribution in [3.8, 4) is 5.88 Å². The summed E-state index contributed by atoms with van der Waals surface area (Å²) in [5.74, 6) is -1.08. The van der Waals surface area contributed by atoms with Crippen LogP contribution in [-0.2, 0) is 17.3 Å². The fourth-order valence-electron chi connectivity index (χ4n) is 2.56. The van der Waals surface area contributed by atoms with Crippen molar-refractivity contribution in [3.05, 3.63) is 42.5 Å². The molecule has 0 amide bonds. The van der Waals surface area contributed by atoms with Gasteiger partial charge >= 0.3 is 6.18 Å². The van der Waals surface area contributed by atoms with Gasteiger partial charge in [0.1, 0.15) is 0 Å². The molecule has 9 nitrogen and oxygen atoms in total. The summed E-state index contributed by atoms with van der Waals surface area (Å²) >= 11 is 0. The molecule has 3 rings (SSSR count). The Morgan fingerprint density at radius 2 is 1.87 bits per heavy atom. The number of nitrogens with zero attached hydrogens (tertiary/aromatic N) is 4. The molecule has 0 saturated heterocycles. The summed E-state index contributed by atoms with van der Waals surface area (Å²) in [6.07, 6.45) is -4.53. The molecule has 2 heterocycles. The van der Waals surface area contributed by atoms with E-state index in [0.717, 1.165) is 10.8 Å². The van der Waals surface area contributed by atoms with Crippen molar-refractivity contribution in [2.24, 2.45) is 7.05 Å². The van der Waals surface area contributed by atoms with Crippen molar-refractivity contribution < 1.29 is 26.3 Å². The predicted octanol–water partition coefficient (Wildman–Crippen LogP) is 2.70. The van der Waals surface area contributed by atoms with Gasteiger partial charge < -0.3 is 9.30 Å². The molecule has 0 unspecified atom stereocenters. The summed E-state index contributed by atoms with van der Waals surface area (Å²) in [4.78, 5) is 11.9. The summed E-state index contributed by atoms with van der Waals surface area (Å²) in [6, 6.07) is 6.33. The second-order valence-electron chi connectivity index (χ2n) is 6.33. The second-order valence-corrected chi connectivity index (χ2v) is 7.83.